The number of nitrogens with zero attached hydrogens (tertiary/aromatic N) is 1. The predicted molar refractivity (Wildman–Crippen MR) is 108 cm³/mol. The van der Waals surface area contributed by atoms with Gasteiger partial charge in [0.2, 0.25) is 10.0 Å². The van der Waals surface area contributed by atoms with Crippen LogP contribution in [0.15, 0.2) is 17.0 Å². The highest BCUT2D eigenvalue weighted by atomic mass is 32.2. The molecule has 25 heavy (non-hydrogen) atoms. The molecule has 2 atom stereocenters. The normalized spacial score (nSPS) is 21.2. The first-order valence-corrected chi connectivity index (χ1v) is 10.6. The molecular formula is C18H29N3O2S2. The molecule has 1 aromatic rings. The van der Waals surface area contributed by atoms with Gasteiger partial charge in [-0.2, -0.15) is 0 Å². The molecule has 0 spiro atoms. The van der Waals surface area contributed by atoms with Gasteiger partial charge in [0.15, 0.2) is 5.11 Å². The van der Waals surface area contributed by atoms with Crippen molar-refractivity contribution in [1.82, 2.24) is 9.62 Å². The van der Waals surface area contributed by atoms with Gasteiger partial charge in [0.05, 0.1) is 4.90 Å². The zero-order valence-electron chi connectivity index (χ0n) is 15.7. The number of hydrogen-bond acceptors (Lipinski definition) is 3. The molecule has 2 N–H and O–H groups in total. The number of nitrogens with one attached hydrogen (secondary N) is 2. The lowest BCUT2D eigenvalue weighted by Gasteiger charge is -2.30. The number of anilines is 1. The van der Waals surface area contributed by atoms with Crippen molar-refractivity contribution in [2.45, 2.75) is 57.4 Å². The Labute approximate surface area is 157 Å². The third kappa shape index (κ3) is 4.71. The minimum absolute atomic E-state index is 0.275. The van der Waals surface area contributed by atoms with E-state index < -0.39 is 10.0 Å². The van der Waals surface area contributed by atoms with E-state index in [1.807, 2.05) is 13.8 Å². The summed E-state index contributed by atoms with van der Waals surface area (Å²) in [5.74, 6) is 0.594. The van der Waals surface area contributed by atoms with Crippen LogP contribution in [0, 0.1) is 19.8 Å². The number of hydrogen-bond donors (Lipinski definition) is 2. The molecule has 0 unspecified atom stereocenters. The van der Waals surface area contributed by atoms with Gasteiger partial charge in [-0.3, -0.25) is 0 Å². The zero-order chi connectivity index (χ0) is 18.8. The van der Waals surface area contributed by atoms with Gasteiger partial charge in [-0.25, -0.2) is 12.7 Å². The highest BCUT2D eigenvalue weighted by Crippen LogP contribution is 2.26. The minimum atomic E-state index is -3.48. The monoisotopic (exact) mass is 383 g/mol. The molecule has 0 bridgehead atoms. The number of thiocarbonyl (C=S) groups is 1. The van der Waals surface area contributed by atoms with Crippen molar-refractivity contribution in [3.8, 4) is 0 Å². The average molecular weight is 384 g/mol. The lowest BCUT2D eigenvalue weighted by Crippen LogP contribution is -2.43. The maximum Gasteiger partial charge on any atom is 0.242 e. The summed E-state index contributed by atoms with van der Waals surface area (Å²) in [5.41, 5.74) is 2.65. The predicted octanol–water partition coefficient (Wildman–Crippen LogP) is 3.42. The summed E-state index contributed by atoms with van der Waals surface area (Å²) in [7, 11) is -0.409. The molecule has 1 aromatic carbocycles. The molecule has 1 aliphatic rings. The van der Waals surface area contributed by atoms with E-state index >= 15 is 0 Å². The molecule has 2 rings (SSSR count). The highest BCUT2D eigenvalue weighted by molar-refractivity contribution is 7.89. The molecule has 0 aromatic heterocycles. The van der Waals surface area contributed by atoms with Crippen molar-refractivity contribution in [2.24, 2.45) is 5.92 Å². The van der Waals surface area contributed by atoms with Crippen LogP contribution < -0.4 is 10.6 Å². The smallest absolute Gasteiger partial charge is 0.242 e. The van der Waals surface area contributed by atoms with Crippen LogP contribution in [0.25, 0.3) is 0 Å². The SMILES string of the molecule is Cc1cc(S(=O)(=O)N(C)C)cc(NC(=S)N[C@H]2CCCC[C@H]2C)c1C. The van der Waals surface area contributed by atoms with Crippen LogP contribution in [0.4, 0.5) is 5.69 Å². The van der Waals surface area contributed by atoms with Crippen molar-refractivity contribution >= 4 is 33.0 Å². The lowest BCUT2D eigenvalue weighted by molar-refractivity contribution is 0.309. The Bertz CT molecular complexity index is 745. The Hall–Kier alpha value is -1.18. The van der Waals surface area contributed by atoms with Gasteiger partial charge in [0, 0.05) is 25.8 Å². The van der Waals surface area contributed by atoms with Gasteiger partial charge < -0.3 is 10.6 Å². The van der Waals surface area contributed by atoms with Gasteiger partial charge in [0.1, 0.15) is 0 Å². The van der Waals surface area contributed by atoms with Crippen LogP contribution in [-0.2, 0) is 10.0 Å². The third-order valence-electron chi connectivity index (χ3n) is 5.10. The van der Waals surface area contributed by atoms with E-state index in [1.165, 1.54) is 37.7 Å². The van der Waals surface area contributed by atoms with Gasteiger partial charge in [0.25, 0.3) is 0 Å². The molecule has 0 amide bonds. The van der Waals surface area contributed by atoms with E-state index in [2.05, 4.69) is 17.6 Å². The summed E-state index contributed by atoms with van der Waals surface area (Å²) >= 11 is 5.48. The quantitative estimate of drug-likeness (QED) is 0.780. The van der Waals surface area contributed by atoms with E-state index in [0.717, 1.165) is 23.2 Å². The van der Waals surface area contributed by atoms with Crippen LogP contribution in [0.5, 0.6) is 0 Å². The maximum atomic E-state index is 12.4. The first kappa shape index (κ1) is 20.1. The van der Waals surface area contributed by atoms with Crippen molar-refractivity contribution in [2.75, 3.05) is 19.4 Å². The fraction of sp³-hybridized carbons (Fsp3) is 0.611. The summed E-state index contributed by atoms with van der Waals surface area (Å²) in [4.78, 5) is 0.275. The summed E-state index contributed by atoms with van der Waals surface area (Å²) in [6, 6.07) is 3.75. The van der Waals surface area contributed by atoms with E-state index in [4.69, 9.17) is 12.2 Å². The molecule has 1 aliphatic carbocycles. The maximum absolute atomic E-state index is 12.4. The Morgan fingerprint density at radius 3 is 2.44 bits per heavy atom. The first-order valence-electron chi connectivity index (χ1n) is 8.74. The molecule has 1 fully saturated rings. The summed E-state index contributed by atoms with van der Waals surface area (Å²) in [5, 5.41) is 7.17. The molecule has 0 heterocycles. The molecule has 0 aliphatic heterocycles. The van der Waals surface area contributed by atoms with Crippen LogP contribution >= 0.6 is 12.2 Å². The molecule has 7 heteroatoms. The highest BCUT2D eigenvalue weighted by Gasteiger charge is 2.23. The van der Waals surface area contributed by atoms with Gasteiger partial charge in [-0.1, -0.05) is 19.8 Å². The number of rotatable bonds is 4. The lowest BCUT2D eigenvalue weighted by atomic mass is 9.86. The van der Waals surface area contributed by atoms with Crippen LogP contribution in [0.2, 0.25) is 0 Å². The second kappa shape index (κ2) is 8.01. The summed E-state index contributed by atoms with van der Waals surface area (Å²) in [6.07, 6.45) is 4.84. The van der Waals surface area contributed by atoms with E-state index in [9.17, 15) is 8.42 Å². The fourth-order valence-corrected chi connectivity index (χ4v) is 4.45. The van der Waals surface area contributed by atoms with Crippen molar-refractivity contribution in [3.05, 3.63) is 23.3 Å². The fourth-order valence-electron chi connectivity index (χ4n) is 3.17. The van der Waals surface area contributed by atoms with E-state index in [0.29, 0.717) is 17.1 Å². The average Bonchev–Trinajstić information content (AvgIpc) is 2.53. The van der Waals surface area contributed by atoms with Crippen LogP contribution in [0.3, 0.4) is 0 Å². The van der Waals surface area contributed by atoms with Gasteiger partial charge in [-0.15, -0.1) is 0 Å². The molecule has 1 saturated carbocycles. The summed E-state index contributed by atoms with van der Waals surface area (Å²) < 4.78 is 26.1. The topological polar surface area (TPSA) is 61.4 Å². The van der Waals surface area contributed by atoms with Crippen molar-refractivity contribution in [3.63, 3.8) is 0 Å². The first-order chi connectivity index (χ1) is 11.6. The largest absolute Gasteiger partial charge is 0.359 e. The molecule has 0 saturated heterocycles. The van der Waals surface area contributed by atoms with Crippen molar-refractivity contribution < 1.29 is 8.42 Å². The van der Waals surface area contributed by atoms with Crippen molar-refractivity contribution in [1.29, 1.82) is 0 Å². The Morgan fingerprint density at radius 2 is 1.84 bits per heavy atom. The summed E-state index contributed by atoms with van der Waals surface area (Å²) in [6.45, 7) is 6.13. The zero-order valence-corrected chi connectivity index (χ0v) is 17.4. The number of aryl methyl sites for hydroxylation is 1. The van der Waals surface area contributed by atoms with Crippen LogP contribution in [0.1, 0.15) is 43.7 Å². The van der Waals surface area contributed by atoms with Crippen LogP contribution in [-0.4, -0.2) is 38.0 Å². The Morgan fingerprint density at radius 1 is 1.20 bits per heavy atom. The number of sulfonamides is 1. The number of benzene rings is 1. The minimum Gasteiger partial charge on any atom is -0.359 e. The molecule has 0 radical (unpaired) electrons. The second-order valence-corrected chi connectivity index (χ2v) is 9.73. The van der Waals surface area contributed by atoms with Gasteiger partial charge >= 0.3 is 0 Å². The molecule has 5 nitrogen and oxygen atoms in total. The third-order valence-corrected chi connectivity index (χ3v) is 7.11. The Balaban J connectivity index is 2.21. The standard InChI is InChI=1S/C18H29N3O2S2/c1-12-8-6-7-9-16(12)19-18(24)20-17-11-15(10-13(2)14(17)3)25(22,23)21(4)5/h10-12,16H,6-9H2,1-5H3,(H2,19,20,24)/t12-,16+/m1/s1. The second-order valence-electron chi connectivity index (χ2n) is 7.17. The Kier molecular flexibility index (Phi) is 6.45. The van der Waals surface area contributed by atoms with E-state index in [1.54, 1.807) is 12.1 Å². The van der Waals surface area contributed by atoms with Gasteiger partial charge in [-0.05, 0) is 68.1 Å². The molecular weight excluding hydrogens is 354 g/mol. The van der Waals surface area contributed by atoms with E-state index in [-0.39, 0.29) is 4.90 Å². The molecule has 140 valence electrons.